The highest BCUT2D eigenvalue weighted by atomic mass is 32.1. The van der Waals surface area contributed by atoms with Crippen molar-refractivity contribution in [2.75, 3.05) is 0 Å². The molecule has 2 N–H and O–H groups in total. The van der Waals surface area contributed by atoms with Gasteiger partial charge in [-0.1, -0.05) is 20.3 Å². The molecule has 0 saturated heterocycles. The van der Waals surface area contributed by atoms with Crippen LogP contribution in [0.25, 0.3) is 10.6 Å². The average Bonchev–Trinajstić information content (AvgIpc) is 3.12. The molecule has 2 atom stereocenters. The zero-order valence-corrected chi connectivity index (χ0v) is 13.3. The van der Waals surface area contributed by atoms with Crippen LogP contribution in [0, 0.1) is 5.92 Å². The number of nitrogens with zero attached hydrogens (tertiary/aromatic N) is 1. The van der Waals surface area contributed by atoms with Gasteiger partial charge in [0.05, 0.1) is 0 Å². The number of aromatic nitrogens is 1. The highest BCUT2D eigenvalue weighted by molar-refractivity contribution is 7.14. The van der Waals surface area contributed by atoms with Crippen LogP contribution in [0.5, 0.6) is 0 Å². The van der Waals surface area contributed by atoms with Gasteiger partial charge in [0.2, 0.25) is 0 Å². The first-order valence-corrected chi connectivity index (χ1v) is 8.37. The third-order valence-electron chi connectivity index (χ3n) is 3.27. The standard InChI is InChI=1S/C14H16N2O3S2/c1-3-8(2)11(14(18)19)16-12(17)10-7-21-13(15-10)9-4-5-20-6-9/h4-8,11H,3H2,1-2H3,(H,16,17)(H,18,19)/t8?,11-/m0/s1. The predicted octanol–water partition coefficient (Wildman–Crippen LogP) is 3.10. The first-order valence-electron chi connectivity index (χ1n) is 6.54. The van der Waals surface area contributed by atoms with Crippen LogP contribution in [-0.4, -0.2) is 28.0 Å². The maximum absolute atomic E-state index is 12.1. The second-order valence-electron chi connectivity index (χ2n) is 4.72. The molecule has 21 heavy (non-hydrogen) atoms. The van der Waals surface area contributed by atoms with Gasteiger partial charge in [0.25, 0.3) is 5.91 Å². The minimum atomic E-state index is -1.02. The highest BCUT2D eigenvalue weighted by Crippen LogP contribution is 2.25. The number of thiazole rings is 1. The second kappa shape index (κ2) is 6.82. The summed E-state index contributed by atoms with van der Waals surface area (Å²) >= 11 is 2.93. The molecule has 7 heteroatoms. The van der Waals surface area contributed by atoms with Crippen LogP contribution in [0.3, 0.4) is 0 Å². The van der Waals surface area contributed by atoms with E-state index in [0.717, 1.165) is 10.6 Å². The van der Waals surface area contributed by atoms with Crippen molar-refractivity contribution < 1.29 is 14.7 Å². The van der Waals surface area contributed by atoms with Crippen LogP contribution in [0.1, 0.15) is 30.8 Å². The normalized spacial score (nSPS) is 13.6. The van der Waals surface area contributed by atoms with E-state index in [1.165, 1.54) is 11.3 Å². The van der Waals surface area contributed by atoms with Gasteiger partial charge in [0, 0.05) is 16.3 Å². The van der Waals surface area contributed by atoms with E-state index in [1.807, 2.05) is 23.8 Å². The molecule has 0 radical (unpaired) electrons. The van der Waals surface area contributed by atoms with Gasteiger partial charge in [-0.3, -0.25) is 4.79 Å². The van der Waals surface area contributed by atoms with Crippen molar-refractivity contribution in [3.05, 3.63) is 27.9 Å². The first kappa shape index (κ1) is 15.7. The van der Waals surface area contributed by atoms with Gasteiger partial charge >= 0.3 is 5.97 Å². The van der Waals surface area contributed by atoms with E-state index < -0.39 is 17.9 Å². The molecule has 0 bridgehead atoms. The van der Waals surface area contributed by atoms with Crippen LogP contribution in [0.15, 0.2) is 22.2 Å². The van der Waals surface area contributed by atoms with E-state index in [-0.39, 0.29) is 11.6 Å². The number of rotatable bonds is 6. The van der Waals surface area contributed by atoms with E-state index in [2.05, 4.69) is 10.3 Å². The monoisotopic (exact) mass is 324 g/mol. The molecular formula is C14H16N2O3S2. The lowest BCUT2D eigenvalue weighted by atomic mass is 9.99. The summed E-state index contributed by atoms with van der Waals surface area (Å²) in [5.74, 6) is -1.60. The van der Waals surface area contributed by atoms with Crippen LogP contribution in [-0.2, 0) is 4.79 Å². The third-order valence-corrected chi connectivity index (χ3v) is 4.85. The van der Waals surface area contributed by atoms with Crippen molar-refractivity contribution in [1.29, 1.82) is 0 Å². The summed E-state index contributed by atoms with van der Waals surface area (Å²) in [4.78, 5) is 27.6. The summed E-state index contributed by atoms with van der Waals surface area (Å²) in [5, 5.41) is 18.1. The molecule has 0 aliphatic carbocycles. The number of thiophene rings is 1. The molecule has 1 amide bonds. The minimum Gasteiger partial charge on any atom is -0.480 e. The SMILES string of the molecule is CCC(C)[C@H](NC(=O)c1csc(-c2ccsc2)n1)C(=O)O. The lowest BCUT2D eigenvalue weighted by molar-refractivity contribution is -0.140. The Bertz CT molecular complexity index is 622. The summed E-state index contributed by atoms with van der Waals surface area (Å²) in [6.07, 6.45) is 0.675. The zero-order valence-electron chi connectivity index (χ0n) is 11.7. The predicted molar refractivity (Wildman–Crippen MR) is 83.8 cm³/mol. The Morgan fingerprint density at radius 3 is 2.76 bits per heavy atom. The Morgan fingerprint density at radius 1 is 1.43 bits per heavy atom. The molecule has 0 aliphatic rings. The molecule has 0 spiro atoms. The van der Waals surface area contributed by atoms with Crippen molar-refractivity contribution >= 4 is 34.6 Å². The van der Waals surface area contributed by atoms with Gasteiger partial charge in [-0.2, -0.15) is 11.3 Å². The number of hydrogen-bond donors (Lipinski definition) is 2. The van der Waals surface area contributed by atoms with Gasteiger partial charge in [-0.05, 0) is 17.4 Å². The largest absolute Gasteiger partial charge is 0.480 e. The van der Waals surface area contributed by atoms with Crippen LogP contribution < -0.4 is 5.32 Å². The number of carbonyl (C=O) groups is 2. The molecule has 2 heterocycles. The van der Waals surface area contributed by atoms with Gasteiger partial charge in [0.15, 0.2) is 0 Å². The van der Waals surface area contributed by atoms with Gasteiger partial charge in [-0.25, -0.2) is 9.78 Å². The van der Waals surface area contributed by atoms with Crippen molar-refractivity contribution in [1.82, 2.24) is 10.3 Å². The Hall–Kier alpha value is -1.73. The van der Waals surface area contributed by atoms with E-state index >= 15 is 0 Å². The highest BCUT2D eigenvalue weighted by Gasteiger charge is 2.26. The minimum absolute atomic E-state index is 0.138. The fraction of sp³-hybridized carbons (Fsp3) is 0.357. The fourth-order valence-corrected chi connectivity index (χ4v) is 3.31. The molecule has 0 aliphatic heterocycles. The van der Waals surface area contributed by atoms with Crippen LogP contribution in [0.4, 0.5) is 0 Å². The van der Waals surface area contributed by atoms with E-state index in [9.17, 15) is 14.7 Å². The van der Waals surface area contributed by atoms with E-state index in [1.54, 1.807) is 23.6 Å². The number of amides is 1. The van der Waals surface area contributed by atoms with Crippen LogP contribution >= 0.6 is 22.7 Å². The maximum atomic E-state index is 12.1. The van der Waals surface area contributed by atoms with Crippen molar-refractivity contribution in [2.24, 2.45) is 5.92 Å². The number of carboxylic acids is 1. The molecule has 2 rings (SSSR count). The Balaban J connectivity index is 2.11. The molecule has 0 aromatic carbocycles. The molecule has 2 aromatic heterocycles. The summed E-state index contributed by atoms with van der Waals surface area (Å²) in [7, 11) is 0. The third kappa shape index (κ3) is 3.68. The quantitative estimate of drug-likeness (QED) is 0.856. The van der Waals surface area contributed by atoms with E-state index in [0.29, 0.717) is 6.42 Å². The van der Waals surface area contributed by atoms with Gasteiger partial charge < -0.3 is 10.4 Å². The Labute approximate surface area is 130 Å². The first-order chi connectivity index (χ1) is 10.0. The molecule has 112 valence electrons. The summed E-state index contributed by atoms with van der Waals surface area (Å²) in [5.41, 5.74) is 1.23. The Morgan fingerprint density at radius 2 is 2.19 bits per heavy atom. The topological polar surface area (TPSA) is 79.3 Å². The molecular weight excluding hydrogens is 308 g/mol. The lowest BCUT2D eigenvalue weighted by Crippen LogP contribution is -2.45. The van der Waals surface area contributed by atoms with Crippen LogP contribution in [0.2, 0.25) is 0 Å². The molecule has 2 aromatic rings. The molecule has 5 nitrogen and oxygen atoms in total. The smallest absolute Gasteiger partial charge is 0.326 e. The average molecular weight is 324 g/mol. The maximum Gasteiger partial charge on any atom is 0.326 e. The fourth-order valence-electron chi connectivity index (χ4n) is 1.80. The summed E-state index contributed by atoms with van der Waals surface area (Å²) in [6, 6.07) is 1.04. The summed E-state index contributed by atoms with van der Waals surface area (Å²) in [6.45, 7) is 3.70. The number of carbonyl (C=O) groups excluding carboxylic acids is 1. The number of nitrogens with one attached hydrogen (secondary N) is 1. The van der Waals surface area contributed by atoms with Gasteiger partial charge in [0.1, 0.15) is 16.7 Å². The Kier molecular flexibility index (Phi) is 5.08. The lowest BCUT2D eigenvalue weighted by Gasteiger charge is -2.19. The zero-order chi connectivity index (χ0) is 15.4. The number of aliphatic carboxylic acids is 1. The molecule has 0 saturated carbocycles. The van der Waals surface area contributed by atoms with Crippen molar-refractivity contribution in [3.63, 3.8) is 0 Å². The van der Waals surface area contributed by atoms with Crippen molar-refractivity contribution in [3.8, 4) is 10.6 Å². The van der Waals surface area contributed by atoms with Crippen molar-refractivity contribution in [2.45, 2.75) is 26.3 Å². The van der Waals surface area contributed by atoms with E-state index in [4.69, 9.17) is 0 Å². The molecule has 0 fully saturated rings. The second-order valence-corrected chi connectivity index (χ2v) is 6.36. The molecule has 1 unspecified atom stereocenters. The van der Waals surface area contributed by atoms with Gasteiger partial charge in [-0.15, -0.1) is 11.3 Å². The number of carboxylic acid groups (broad SMARTS) is 1. The number of hydrogen-bond acceptors (Lipinski definition) is 5. The summed E-state index contributed by atoms with van der Waals surface area (Å²) < 4.78 is 0.